The summed E-state index contributed by atoms with van der Waals surface area (Å²) < 4.78 is 10.00. The molecular weight excluding hydrogens is 468 g/mol. The zero-order valence-electron chi connectivity index (χ0n) is 16.2. The van der Waals surface area contributed by atoms with Crippen molar-refractivity contribution in [3.63, 3.8) is 0 Å². The minimum absolute atomic E-state index is 0.0352. The molecular formula is C21H17BrN4O3S. The highest BCUT2D eigenvalue weighted by atomic mass is 79.9. The number of carbonyl (C=O) groups is 2. The zero-order valence-corrected chi connectivity index (χ0v) is 18.6. The molecule has 0 saturated carbocycles. The number of thiazole rings is 1. The maximum atomic E-state index is 13.0. The van der Waals surface area contributed by atoms with Crippen molar-refractivity contribution in [1.29, 1.82) is 0 Å². The average molecular weight is 485 g/mol. The molecule has 1 amide bonds. The molecule has 0 saturated heterocycles. The summed E-state index contributed by atoms with van der Waals surface area (Å²) in [5.74, 6) is -0.835. The Morgan fingerprint density at radius 1 is 1.20 bits per heavy atom. The first-order chi connectivity index (χ1) is 14.5. The molecule has 0 N–H and O–H groups in total. The highest BCUT2D eigenvalue weighted by Gasteiger charge is 2.17. The van der Waals surface area contributed by atoms with E-state index in [1.54, 1.807) is 9.25 Å². The van der Waals surface area contributed by atoms with Gasteiger partial charge in [-0.25, -0.2) is 4.68 Å². The van der Waals surface area contributed by atoms with Crippen LogP contribution in [0.1, 0.15) is 16.1 Å². The van der Waals surface area contributed by atoms with E-state index in [0.29, 0.717) is 16.1 Å². The predicted octanol–water partition coefficient (Wildman–Crippen LogP) is 3.87. The lowest BCUT2D eigenvalue weighted by molar-refractivity contribution is -0.141. The van der Waals surface area contributed by atoms with E-state index in [2.05, 4.69) is 26.0 Å². The Balaban J connectivity index is 1.80. The smallest absolute Gasteiger partial charge is 0.325 e. The second kappa shape index (κ2) is 8.37. The summed E-state index contributed by atoms with van der Waals surface area (Å²) in [6, 6.07) is 15.3. The predicted molar refractivity (Wildman–Crippen MR) is 118 cm³/mol. The molecule has 2 heterocycles. The van der Waals surface area contributed by atoms with Crippen molar-refractivity contribution in [2.75, 3.05) is 7.11 Å². The SMILES string of the molecule is COC(=O)Cn1c(=NC(=O)c2cnn(-c3ccccc3)c2C)sc2cc(Br)ccc21. The standard InChI is InChI=1S/C21H17BrN4O3S/c1-13-16(11-23-26(13)15-6-4-3-5-7-15)20(28)24-21-25(12-19(27)29-2)17-9-8-14(22)10-18(17)30-21/h3-11H,12H2,1-2H3. The second-order valence-corrected chi connectivity index (χ2v) is 8.39. The molecule has 0 fully saturated rings. The monoisotopic (exact) mass is 484 g/mol. The van der Waals surface area contributed by atoms with Crippen LogP contribution >= 0.6 is 27.3 Å². The third-order valence-corrected chi connectivity index (χ3v) is 6.13. The van der Waals surface area contributed by atoms with Gasteiger partial charge in [-0.3, -0.25) is 9.59 Å². The molecule has 30 heavy (non-hydrogen) atoms. The fourth-order valence-corrected chi connectivity index (χ4v) is 4.65. The number of nitrogens with zero attached hydrogens (tertiary/aromatic N) is 4. The molecule has 0 spiro atoms. The number of benzene rings is 2. The molecule has 2 aromatic carbocycles. The van der Waals surface area contributed by atoms with E-state index in [0.717, 1.165) is 20.4 Å². The van der Waals surface area contributed by atoms with Crippen molar-refractivity contribution < 1.29 is 14.3 Å². The minimum Gasteiger partial charge on any atom is -0.468 e. The number of rotatable bonds is 4. The Labute approximate surface area is 184 Å². The van der Waals surface area contributed by atoms with Crippen LogP contribution in [0.2, 0.25) is 0 Å². The summed E-state index contributed by atoms with van der Waals surface area (Å²) in [6.45, 7) is 1.79. The molecule has 4 aromatic rings. The summed E-state index contributed by atoms with van der Waals surface area (Å²) in [7, 11) is 1.33. The van der Waals surface area contributed by atoms with Crippen LogP contribution in [0.25, 0.3) is 15.9 Å². The molecule has 2 aromatic heterocycles. The van der Waals surface area contributed by atoms with Crippen molar-refractivity contribution in [1.82, 2.24) is 14.3 Å². The maximum absolute atomic E-state index is 13.0. The Kier molecular flexibility index (Phi) is 5.65. The molecule has 0 atom stereocenters. The summed E-state index contributed by atoms with van der Waals surface area (Å²) in [6.07, 6.45) is 1.52. The molecule has 0 aliphatic rings. The van der Waals surface area contributed by atoms with Crippen LogP contribution < -0.4 is 4.80 Å². The van der Waals surface area contributed by atoms with E-state index in [-0.39, 0.29) is 6.54 Å². The van der Waals surface area contributed by atoms with E-state index in [4.69, 9.17) is 4.74 Å². The highest BCUT2D eigenvalue weighted by Crippen LogP contribution is 2.22. The van der Waals surface area contributed by atoms with Gasteiger partial charge in [-0.15, -0.1) is 0 Å². The van der Waals surface area contributed by atoms with E-state index >= 15 is 0 Å². The van der Waals surface area contributed by atoms with Crippen molar-refractivity contribution in [2.45, 2.75) is 13.5 Å². The van der Waals surface area contributed by atoms with E-state index in [9.17, 15) is 9.59 Å². The number of hydrogen-bond acceptors (Lipinski definition) is 5. The molecule has 4 rings (SSSR count). The molecule has 0 radical (unpaired) electrons. The quantitative estimate of drug-likeness (QED) is 0.411. The van der Waals surface area contributed by atoms with Crippen molar-refractivity contribution in [2.24, 2.45) is 4.99 Å². The van der Waals surface area contributed by atoms with Gasteiger partial charge < -0.3 is 9.30 Å². The van der Waals surface area contributed by atoms with Gasteiger partial charge in [-0.2, -0.15) is 10.1 Å². The van der Waals surface area contributed by atoms with Crippen LogP contribution in [0.4, 0.5) is 0 Å². The van der Waals surface area contributed by atoms with Gasteiger partial charge in [-0.1, -0.05) is 45.5 Å². The fourth-order valence-electron chi connectivity index (χ4n) is 3.07. The molecule has 7 nitrogen and oxygen atoms in total. The summed E-state index contributed by atoms with van der Waals surface area (Å²) in [5.41, 5.74) is 2.76. The van der Waals surface area contributed by atoms with Crippen LogP contribution in [0.15, 0.2) is 64.2 Å². The lowest BCUT2D eigenvalue weighted by atomic mass is 10.2. The fraction of sp³-hybridized carbons (Fsp3) is 0.143. The van der Waals surface area contributed by atoms with Crippen LogP contribution in [-0.4, -0.2) is 33.3 Å². The molecule has 0 aliphatic carbocycles. The van der Waals surface area contributed by atoms with Gasteiger partial charge in [0, 0.05) is 4.47 Å². The number of hydrogen-bond donors (Lipinski definition) is 0. The van der Waals surface area contributed by atoms with E-state index in [1.165, 1.54) is 24.6 Å². The number of methoxy groups -OCH3 is 1. The van der Waals surface area contributed by atoms with Gasteiger partial charge in [0.2, 0.25) is 0 Å². The third-order valence-electron chi connectivity index (χ3n) is 4.60. The van der Waals surface area contributed by atoms with Crippen molar-refractivity contribution in [3.05, 3.63) is 75.3 Å². The molecule has 0 unspecified atom stereocenters. The minimum atomic E-state index is -0.418. The average Bonchev–Trinajstić information content (AvgIpc) is 3.28. The van der Waals surface area contributed by atoms with Gasteiger partial charge in [-0.05, 0) is 37.3 Å². The number of fused-ring (bicyclic) bond motifs is 1. The number of para-hydroxylation sites is 1. The molecule has 0 aliphatic heterocycles. The first kappa shape index (κ1) is 20.2. The zero-order chi connectivity index (χ0) is 21.3. The summed E-state index contributed by atoms with van der Waals surface area (Å²) >= 11 is 4.78. The summed E-state index contributed by atoms with van der Waals surface area (Å²) in [5, 5.41) is 4.34. The number of esters is 1. The van der Waals surface area contributed by atoms with Crippen LogP contribution in [0, 0.1) is 6.92 Å². The van der Waals surface area contributed by atoms with Crippen LogP contribution in [0.3, 0.4) is 0 Å². The van der Waals surface area contributed by atoms with Crippen molar-refractivity contribution >= 4 is 49.4 Å². The molecule has 0 bridgehead atoms. The lowest BCUT2D eigenvalue weighted by Gasteiger charge is -2.04. The number of halogens is 1. The largest absolute Gasteiger partial charge is 0.468 e. The van der Waals surface area contributed by atoms with E-state index < -0.39 is 11.9 Å². The van der Waals surface area contributed by atoms with Gasteiger partial charge in [0.05, 0.1) is 40.5 Å². The van der Waals surface area contributed by atoms with Crippen LogP contribution in [0.5, 0.6) is 0 Å². The first-order valence-corrected chi connectivity index (χ1v) is 10.6. The Hall–Kier alpha value is -3.04. The number of aromatic nitrogens is 3. The molecule has 9 heteroatoms. The maximum Gasteiger partial charge on any atom is 0.325 e. The Bertz CT molecular complexity index is 1320. The number of amides is 1. The van der Waals surface area contributed by atoms with Gasteiger partial charge in [0.15, 0.2) is 4.80 Å². The Morgan fingerprint density at radius 2 is 1.97 bits per heavy atom. The number of ether oxygens (including phenoxy) is 1. The Morgan fingerprint density at radius 3 is 2.70 bits per heavy atom. The van der Waals surface area contributed by atoms with E-state index in [1.807, 2.05) is 55.5 Å². The highest BCUT2D eigenvalue weighted by molar-refractivity contribution is 9.10. The van der Waals surface area contributed by atoms with Gasteiger partial charge in [0.1, 0.15) is 6.54 Å². The number of carbonyl (C=O) groups excluding carboxylic acids is 2. The third kappa shape index (κ3) is 3.86. The second-order valence-electron chi connectivity index (χ2n) is 6.47. The summed E-state index contributed by atoms with van der Waals surface area (Å²) in [4.78, 5) is 29.6. The molecule has 152 valence electrons. The van der Waals surface area contributed by atoms with Crippen molar-refractivity contribution in [3.8, 4) is 5.69 Å². The normalized spacial score (nSPS) is 11.8. The van der Waals surface area contributed by atoms with Gasteiger partial charge in [0.25, 0.3) is 5.91 Å². The van der Waals surface area contributed by atoms with Crippen LogP contribution in [-0.2, 0) is 16.1 Å². The topological polar surface area (TPSA) is 78.5 Å². The lowest BCUT2D eigenvalue weighted by Crippen LogP contribution is -2.22. The first-order valence-electron chi connectivity index (χ1n) is 9.02. The van der Waals surface area contributed by atoms with Gasteiger partial charge >= 0.3 is 5.97 Å².